The molecular formula is C29H34N2O4. The van der Waals surface area contributed by atoms with Gasteiger partial charge in [0.2, 0.25) is 5.91 Å². The molecule has 1 amide bonds. The second-order valence-electron chi connectivity index (χ2n) is 9.96. The van der Waals surface area contributed by atoms with E-state index in [9.17, 15) is 14.7 Å². The Morgan fingerprint density at radius 2 is 1.77 bits per heavy atom. The normalized spacial score (nSPS) is 16.0. The van der Waals surface area contributed by atoms with E-state index in [0.29, 0.717) is 24.3 Å². The van der Waals surface area contributed by atoms with Crippen LogP contribution in [0.2, 0.25) is 0 Å². The van der Waals surface area contributed by atoms with Gasteiger partial charge in [0, 0.05) is 30.0 Å². The predicted molar refractivity (Wildman–Crippen MR) is 136 cm³/mol. The highest BCUT2D eigenvalue weighted by molar-refractivity contribution is 5.93. The topological polar surface area (TPSA) is 88.5 Å². The highest BCUT2D eigenvalue weighted by Crippen LogP contribution is 2.25. The van der Waals surface area contributed by atoms with Crippen molar-refractivity contribution < 1.29 is 19.4 Å². The van der Waals surface area contributed by atoms with E-state index in [1.165, 1.54) is 6.20 Å². The minimum atomic E-state index is -0.985. The van der Waals surface area contributed by atoms with Gasteiger partial charge < -0.3 is 15.2 Å². The first kappa shape index (κ1) is 24.9. The molecule has 0 saturated heterocycles. The van der Waals surface area contributed by atoms with E-state index < -0.39 is 18.2 Å². The van der Waals surface area contributed by atoms with Crippen molar-refractivity contribution in [2.24, 2.45) is 11.8 Å². The lowest BCUT2D eigenvalue weighted by atomic mass is 9.88. The lowest BCUT2D eigenvalue weighted by molar-refractivity contribution is -0.127. The minimum absolute atomic E-state index is 0.0243. The maximum atomic E-state index is 13.1. The van der Waals surface area contributed by atoms with Gasteiger partial charge in [-0.15, -0.1) is 0 Å². The molecule has 6 heteroatoms. The number of rotatable bonds is 11. The highest BCUT2D eigenvalue weighted by atomic mass is 16.6. The molecule has 1 fully saturated rings. The molecule has 1 aliphatic rings. The maximum Gasteiger partial charge on any atom is 0.340 e. The number of aromatic nitrogens is 1. The molecule has 1 saturated carbocycles. The number of esters is 1. The van der Waals surface area contributed by atoms with Crippen LogP contribution in [0.4, 0.5) is 0 Å². The van der Waals surface area contributed by atoms with Gasteiger partial charge in [-0.1, -0.05) is 62.4 Å². The fourth-order valence-corrected chi connectivity index (χ4v) is 4.36. The van der Waals surface area contributed by atoms with Crippen LogP contribution in [0.15, 0.2) is 66.9 Å². The number of aliphatic hydroxyl groups excluding tert-OH is 1. The molecule has 6 nitrogen and oxygen atoms in total. The Kier molecular flexibility index (Phi) is 8.13. The van der Waals surface area contributed by atoms with Gasteiger partial charge in [-0.05, 0) is 49.3 Å². The van der Waals surface area contributed by atoms with Crippen LogP contribution < -0.4 is 5.32 Å². The summed E-state index contributed by atoms with van der Waals surface area (Å²) in [5, 5.41) is 15.2. The number of hydrogen-bond donors (Lipinski definition) is 2. The van der Waals surface area contributed by atoms with Gasteiger partial charge in [-0.3, -0.25) is 9.78 Å². The summed E-state index contributed by atoms with van der Waals surface area (Å²) in [5.74, 6) is -0.601. The van der Waals surface area contributed by atoms with Crippen LogP contribution in [0.5, 0.6) is 0 Å². The molecule has 3 aromatic rings. The van der Waals surface area contributed by atoms with Crippen LogP contribution in [0.3, 0.4) is 0 Å². The third-order valence-corrected chi connectivity index (χ3v) is 6.37. The number of benzene rings is 2. The zero-order valence-corrected chi connectivity index (χ0v) is 20.4. The summed E-state index contributed by atoms with van der Waals surface area (Å²) in [6, 6.07) is 19.2. The number of carbonyl (C=O) groups is 2. The largest absolute Gasteiger partial charge is 0.456 e. The van der Waals surface area contributed by atoms with Crippen LogP contribution in [0.1, 0.15) is 55.5 Å². The van der Waals surface area contributed by atoms with Crippen LogP contribution >= 0.6 is 0 Å². The number of fused-ring (bicyclic) bond motifs is 1. The van der Waals surface area contributed by atoms with E-state index in [2.05, 4.69) is 24.1 Å². The van der Waals surface area contributed by atoms with Crippen molar-refractivity contribution in [3.8, 4) is 0 Å². The number of amides is 1. The molecule has 0 unspecified atom stereocenters. The highest BCUT2D eigenvalue weighted by Gasteiger charge is 2.33. The molecule has 0 spiro atoms. The average Bonchev–Trinajstić information content (AvgIpc) is 3.67. The molecule has 4 rings (SSSR count). The summed E-state index contributed by atoms with van der Waals surface area (Å²) in [7, 11) is 0. The summed E-state index contributed by atoms with van der Waals surface area (Å²) in [6.45, 7) is 4.13. The smallest absolute Gasteiger partial charge is 0.340 e. The molecule has 3 atom stereocenters. The predicted octanol–water partition coefficient (Wildman–Crippen LogP) is 4.69. The monoisotopic (exact) mass is 474 g/mol. The summed E-state index contributed by atoms with van der Waals surface area (Å²) in [4.78, 5) is 30.3. The number of para-hydroxylation sites is 1. The second kappa shape index (κ2) is 11.5. The molecular weight excluding hydrogens is 440 g/mol. The summed E-state index contributed by atoms with van der Waals surface area (Å²) in [5.41, 5.74) is 2.08. The van der Waals surface area contributed by atoms with Gasteiger partial charge in [-0.2, -0.15) is 0 Å². The van der Waals surface area contributed by atoms with Crippen molar-refractivity contribution in [1.82, 2.24) is 10.3 Å². The van der Waals surface area contributed by atoms with E-state index >= 15 is 0 Å². The van der Waals surface area contributed by atoms with E-state index in [4.69, 9.17) is 4.74 Å². The van der Waals surface area contributed by atoms with Crippen molar-refractivity contribution in [2.75, 3.05) is 0 Å². The number of carbonyl (C=O) groups excluding carboxylic acids is 2. The van der Waals surface area contributed by atoms with Gasteiger partial charge in [0.15, 0.2) is 0 Å². The number of nitrogens with one attached hydrogen (secondary N) is 1. The van der Waals surface area contributed by atoms with Crippen molar-refractivity contribution in [3.05, 3.63) is 78.0 Å². The molecule has 2 aromatic carbocycles. The van der Waals surface area contributed by atoms with Gasteiger partial charge in [-0.25, -0.2) is 4.79 Å². The zero-order chi connectivity index (χ0) is 24.8. The van der Waals surface area contributed by atoms with Crippen molar-refractivity contribution >= 4 is 22.8 Å². The lowest BCUT2D eigenvalue weighted by Gasteiger charge is -2.27. The first-order valence-corrected chi connectivity index (χ1v) is 12.5. The first-order valence-electron chi connectivity index (χ1n) is 12.5. The van der Waals surface area contributed by atoms with Crippen LogP contribution in [0.25, 0.3) is 10.9 Å². The van der Waals surface area contributed by atoms with Gasteiger partial charge in [0.05, 0.1) is 17.2 Å². The third-order valence-electron chi connectivity index (χ3n) is 6.37. The number of ether oxygens (including phenoxy) is 1. The Hall–Kier alpha value is -3.25. The average molecular weight is 475 g/mol. The SMILES string of the molecule is CC(C)C[C@H](C[C@H](O)[C@H](Cc1ccccc1)OC(=O)c1cnc2ccccc2c1)C(=O)NC1CC1. The van der Waals surface area contributed by atoms with Crippen LogP contribution in [0, 0.1) is 11.8 Å². The van der Waals surface area contributed by atoms with Crippen molar-refractivity contribution in [1.29, 1.82) is 0 Å². The van der Waals surface area contributed by atoms with E-state index in [1.54, 1.807) is 6.07 Å². The maximum absolute atomic E-state index is 13.1. The Morgan fingerprint density at radius 3 is 2.49 bits per heavy atom. The molecule has 35 heavy (non-hydrogen) atoms. The number of nitrogens with zero attached hydrogens (tertiary/aromatic N) is 1. The lowest BCUT2D eigenvalue weighted by Crippen LogP contribution is -2.40. The second-order valence-corrected chi connectivity index (χ2v) is 9.96. The molecule has 1 aromatic heterocycles. The van der Waals surface area contributed by atoms with Crippen molar-refractivity contribution in [3.63, 3.8) is 0 Å². The Balaban J connectivity index is 1.52. The minimum Gasteiger partial charge on any atom is -0.456 e. The summed E-state index contributed by atoms with van der Waals surface area (Å²) >= 11 is 0. The Bertz CT molecular complexity index is 1140. The van der Waals surface area contributed by atoms with Crippen molar-refractivity contribution in [2.45, 2.75) is 64.2 Å². The fourth-order valence-electron chi connectivity index (χ4n) is 4.36. The Labute approximate surface area is 206 Å². The number of hydrogen-bond acceptors (Lipinski definition) is 5. The molecule has 1 aliphatic carbocycles. The van der Waals surface area contributed by atoms with Crippen LogP contribution in [-0.4, -0.2) is 40.2 Å². The fraction of sp³-hybridized carbons (Fsp3) is 0.414. The van der Waals surface area contributed by atoms with E-state index in [1.807, 2.05) is 54.6 Å². The molecule has 0 bridgehead atoms. The van der Waals surface area contributed by atoms with Crippen LogP contribution in [-0.2, 0) is 16.0 Å². The molecule has 1 heterocycles. The third kappa shape index (κ3) is 7.12. The number of aliphatic hydroxyl groups is 1. The molecule has 184 valence electrons. The van der Waals surface area contributed by atoms with Gasteiger partial charge in [0.1, 0.15) is 6.10 Å². The number of pyridine rings is 1. The molecule has 0 radical (unpaired) electrons. The Morgan fingerprint density at radius 1 is 1.06 bits per heavy atom. The summed E-state index contributed by atoms with van der Waals surface area (Å²) in [6.07, 6.45) is 3.00. The van der Waals surface area contributed by atoms with E-state index in [-0.39, 0.29) is 24.3 Å². The standard InChI is InChI=1S/C29H34N2O4/c1-19(2)14-22(28(33)31-24-12-13-24)17-26(32)27(15-20-8-4-3-5-9-20)35-29(34)23-16-21-10-6-7-11-25(21)30-18-23/h3-11,16,18-19,22,24,26-27,32H,12-15,17H2,1-2H3,(H,31,33)/t22-,26+,27+/m1/s1. The molecule has 0 aliphatic heterocycles. The zero-order valence-electron chi connectivity index (χ0n) is 20.4. The quantitative estimate of drug-likeness (QED) is 0.394. The van der Waals surface area contributed by atoms with Gasteiger partial charge in [0.25, 0.3) is 0 Å². The first-order chi connectivity index (χ1) is 16.9. The summed E-state index contributed by atoms with van der Waals surface area (Å²) < 4.78 is 5.87. The van der Waals surface area contributed by atoms with Gasteiger partial charge >= 0.3 is 5.97 Å². The van der Waals surface area contributed by atoms with E-state index in [0.717, 1.165) is 29.3 Å². The molecule has 2 N–H and O–H groups in total.